The van der Waals surface area contributed by atoms with Gasteiger partial charge < -0.3 is 0 Å². The summed E-state index contributed by atoms with van der Waals surface area (Å²) in [6.45, 7) is 7.22. The van der Waals surface area contributed by atoms with Gasteiger partial charge in [0.1, 0.15) is 0 Å². The molecular weight excluding hydrogens is 142 g/mol. The highest BCUT2D eigenvalue weighted by molar-refractivity contribution is 7.99. The van der Waals surface area contributed by atoms with Crippen LogP contribution in [0, 0.1) is 5.92 Å². The standard InChI is InChI=1S/C8H17NS/c1-8(2)3-4-9-5-6-10-7-9/h8H,3-7H2,1-2H3. The first-order chi connectivity index (χ1) is 4.79. The third-order valence-electron chi connectivity index (χ3n) is 1.85. The predicted molar refractivity (Wildman–Crippen MR) is 48.4 cm³/mol. The first kappa shape index (κ1) is 8.41. The van der Waals surface area contributed by atoms with Crippen molar-refractivity contribution in [3.8, 4) is 0 Å². The third kappa shape index (κ3) is 2.93. The molecule has 1 aliphatic heterocycles. The summed E-state index contributed by atoms with van der Waals surface area (Å²) in [5.41, 5.74) is 0. The fraction of sp³-hybridized carbons (Fsp3) is 1.00. The molecule has 0 aliphatic carbocycles. The molecular formula is C8H17NS. The molecule has 0 radical (unpaired) electrons. The van der Waals surface area contributed by atoms with E-state index in [2.05, 4.69) is 30.5 Å². The molecule has 0 aromatic heterocycles. The molecule has 1 nitrogen and oxygen atoms in total. The monoisotopic (exact) mass is 159 g/mol. The van der Waals surface area contributed by atoms with Crippen molar-refractivity contribution < 1.29 is 0 Å². The van der Waals surface area contributed by atoms with E-state index in [9.17, 15) is 0 Å². The summed E-state index contributed by atoms with van der Waals surface area (Å²) in [5.74, 6) is 3.48. The molecule has 0 N–H and O–H groups in total. The maximum atomic E-state index is 2.55. The van der Waals surface area contributed by atoms with Gasteiger partial charge in [0, 0.05) is 18.2 Å². The lowest BCUT2D eigenvalue weighted by molar-refractivity contribution is 0.328. The van der Waals surface area contributed by atoms with Gasteiger partial charge in [0.05, 0.1) is 0 Å². The van der Waals surface area contributed by atoms with Crippen LogP contribution in [0.1, 0.15) is 20.3 Å². The topological polar surface area (TPSA) is 3.24 Å². The number of thioether (sulfide) groups is 1. The summed E-state index contributed by atoms with van der Waals surface area (Å²) in [5, 5.41) is 0. The molecule has 0 saturated carbocycles. The predicted octanol–water partition coefficient (Wildman–Crippen LogP) is 2.04. The van der Waals surface area contributed by atoms with Gasteiger partial charge in [-0.05, 0) is 18.9 Å². The summed E-state index contributed by atoms with van der Waals surface area (Å²) in [7, 11) is 0. The van der Waals surface area contributed by atoms with Crippen LogP contribution < -0.4 is 0 Å². The van der Waals surface area contributed by atoms with Crippen molar-refractivity contribution in [3.63, 3.8) is 0 Å². The van der Waals surface area contributed by atoms with Gasteiger partial charge in [0.2, 0.25) is 0 Å². The second-order valence-electron chi connectivity index (χ2n) is 3.34. The Morgan fingerprint density at radius 3 is 2.80 bits per heavy atom. The molecule has 10 heavy (non-hydrogen) atoms. The number of hydrogen-bond acceptors (Lipinski definition) is 2. The van der Waals surface area contributed by atoms with E-state index in [1.807, 2.05) is 0 Å². The van der Waals surface area contributed by atoms with Gasteiger partial charge in [-0.3, -0.25) is 4.90 Å². The smallest absolute Gasteiger partial charge is 0.0445 e. The molecule has 60 valence electrons. The van der Waals surface area contributed by atoms with Crippen molar-refractivity contribution >= 4 is 11.8 Å². The fourth-order valence-corrected chi connectivity index (χ4v) is 2.10. The molecule has 1 fully saturated rings. The average Bonchev–Trinajstić information content (AvgIpc) is 2.34. The van der Waals surface area contributed by atoms with E-state index in [0.717, 1.165) is 5.92 Å². The summed E-state index contributed by atoms with van der Waals surface area (Å²) in [6, 6.07) is 0. The van der Waals surface area contributed by atoms with E-state index in [4.69, 9.17) is 0 Å². The van der Waals surface area contributed by atoms with E-state index in [1.165, 1.54) is 31.1 Å². The Labute approximate surface area is 68.2 Å². The van der Waals surface area contributed by atoms with Crippen LogP contribution in [0.4, 0.5) is 0 Å². The van der Waals surface area contributed by atoms with E-state index in [-0.39, 0.29) is 0 Å². The Morgan fingerprint density at radius 2 is 2.30 bits per heavy atom. The molecule has 2 heteroatoms. The van der Waals surface area contributed by atoms with E-state index in [0.29, 0.717) is 0 Å². The lowest BCUT2D eigenvalue weighted by Crippen LogP contribution is -2.21. The van der Waals surface area contributed by atoms with Crippen molar-refractivity contribution in [1.82, 2.24) is 4.90 Å². The zero-order valence-electron chi connectivity index (χ0n) is 6.97. The maximum Gasteiger partial charge on any atom is 0.0445 e. The van der Waals surface area contributed by atoms with Gasteiger partial charge in [-0.2, -0.15) is 0 Å². The fourth-order valence-electron chi connectivity index (χ4n) is 1.07. The molecule has 0 amide bonds. The summed E-state index contributed by atoms with van der Waals surface area (Å²) in [4.78, 5) is 2.55. The SMILES string of the molecule is CC(C)CCN1CCSC1. The van der Waals surface area contributed by atoms with Crippen LogP contribution in [0.25, 0.3) is 0 Å². The lowest BCUT2D eigenvalue weighted by atomic mass is 10.1. The highest BCUT2D eigenvalue weighted by atomic mass is 32.2. The third-order valence-corrected chi connectivity index (χ3v) is 2.87. The zero-order chi connectivity index (χ0) is 7.40. The molecule has 0 unspecified atom stereocenters. The Bertz CT molecular complexity index is 87.3. The second-order valence-corrected chi connectivity index (χ2v) is 4.41. The first-order valence-corrected chi connectivity index (χ1v) is 5.24. The molecule has 0 bridgehead atoms. The van der Waals surface area contributed by atoms with Crippen LogP contribution >= 0.6 is 11.8 Å². The Hall–Kier alpha value is 0.310. The minimum Gasteiger partial charge on any atom is -0.293 e. The molecule has 1 rings (SSSR count). The summed E-state index contributed by atoms with van der Waals surface area (Å²) >= 11 is 2.06. The lowest BCUT2D eigenvalue weighted by Gasteiger charge is -2.14. The van der Waals surface area contributed by atoms with Gasteiger partial charge in [0.25, 0.3) is 0 Å². The quantitative estimate of drug-likeness (QED) is 0.620. The molecule has 1 heterocycles. The highest BCUT2D eigenvalue weighted by Gasteiger charge is 2.10. The van der Waals surface area contributed by atoms with E-state index >= 15 is 0 Å². The van der Waals surface area contributed by atoms with Crippen molar-refractivity contribution in [3.05, 3.63) is 0 Å². The summed E-state index contributed by atoms with van der Waals surface area (Å²) < 4.78 is 0. The first-order valence-electron chi connectivity index (χ1n) is 4.09. The van der Waals surface area contributed by atoms with E-state index < -0.39 is 0 Å². The average molecular weight is 159 g/mol. The van der Waals surface area contributed by atoms with Crippen LogP contribution in [0.3, 0.4) is 0 Å². The number of hydrogen-bond donors (Lipinski definition) is 0. The molecule has 0 aromatic rings. The van der Waals surface area contributed by atoms with Crippen LogP contribution in [-0.4, -0.2) is 29.6 Å². The van der Waals surface area contributed by atoms with Crippen molar-refractivity contribution in [2.24, 2.45) is 5.92 Å². The van der Waals surface area contributed by atoms with Crippen LogP contribution in [-0.2, 0) is 0 Å². The second kappa shape index (κ2) is 4.24. The van der Waals surface area contributed by atoms with Gasteiger partial charge >= 0.3 is 0 Å². The molecule has 0 aromatic carbocycles. The van der Waals surface area contributed by atoms with Crippen LogP contribution in [0.5, 0.6) is 0 Å². The minimum absolute atomic E-state index is 0.866. The van der Waals surface area contributed by atoms with Crippen LogP contribution in [0.2, 0.25) is 0 Å². The van der Waals surface area contributed by atoms with Crippen LogP contribution in [0.15, 0.2) is 0 Å². The van der Waals surface area contributed by atoms with Gasteiger partial charge in [-0.25, -0.2) is 0 Å². The van der Waals surface area contributed by atoms with Gasteiger partial charge in [-0.1, -0.05) is 13.8 Å². The van der Waals surface area contributed by atoms with Crippen molar-refractivity contribution in [1.29, 1.82) is 0 Å². The minimum atomic E-state index is 0.866. The molecule has 1 aliphatic rings. The summed E-state index contributed by atoms with van der Waals surface area (Å²) in [6.07, 6.45) is 1.36. The highest BCUT2D eigenvalue weighted by Crippen LogP contribution is 2.14. The Kier molecular flexibility index (Phi) is 3.57. The number of nitrogens with zero attached hydrogens (tertiary/aromatic N) is 1. The Morgan fingerprint density at radius 1 is 1.50 bits per heavy atom. The largest absolute Gasteiger partial charge is 0.293 e. The molecule has 0 atom stereocenters. The van der Waals surface area contributed by atoms with Gasteiger partial charge in [-0.15, -0.1) is 11.8 Å². The normalized spacial score (nSPS) is 20.7. The number of rotatable bonds is 3. The van der Waals surface area contributed by atoms with Crippen molar-refractivity contribution in [2.75, 3.05) is 24.7 Å². The van der Waals surface area contributed by atoms with Gasteiger partial charge in [0.15, 0.2) is 0 Å². The maximum absolute atomic E-state index is 2.55. The molecule has 1 saturated heterocycles. The molecule has 0 spiro atoms. The van der Waals surface area contributed by atoms with Crippen molar-refractivity contribution in [2.45, 2.75) is 20.3 Å². The Balaban J connectivity index is 2.01. The zero-order valence-corrected chi connectivity index (χ0v) is 7.78. The van der Waals surface area contributed by atoms with E-state index in [1.54, 1.807) is 0 Å².